The summed E-state index contributed by atoms with van der Waals surface area (Å²) in [6.45, 7) is 7.31. The van der Waals surface area contributed by atoms with E-state index < -0.39 is 0 Å². The van der Waals surface area contributed by atoms with Crippen LogP contribution in [0.3, 0.4) is 0 Å². The number of aliphatic hydroxyl groups excluding tert-OH is 1. The molecule has 5 nitrogen and oxygen atoms in total. The highest BCUT2D eigenvalue weighted by Crippen LogP contribution is 2.18. The van der Waals surface area contributed by atoms with E-state index in [0.717, 1.165) is 5.69 Å². The Balaban J connectivity index is 2.31. The van der Waals surface area contributed by atoms with E-state index in [4.69, 9.17) is 0 Å². The number of nitrogens with one attached hydrogen (secondary N) is 1. The highest BCUT2D eigenvalue weighted by Gasteiger charge is 2.21. The first-order valence-corrected chi connectivity index (χ1v) is 5.13. The zero-order chi connectivity index (χ0) is 11.5. The molecular weight excluding hydrogens is 192 g/mol. The second-order valence-electron chi connectivity index (χ2n) is 4.86. The summed E-state index contributed by atoms with van der Waals surface area (Å²) in [5, 5.41) is 20.6. The lowest BCUT2D eigenvalue weighted by Crippen LogP contribution is -2.36. The highest BCUT2D eigenvalue weighted by atomic mass is 16.3. The summed E-state index contributed by atoms with van der Waals surface area (Å²) in [4.78, 5) is 0. The molecule has 1 atom stereocenters. The van der Waals surface area contributed by atoms with Gasteiger partial charge in [0, 0.05) is 20.1 Å². The molecule has 0 saturated heterocycles. The number of hydrogen-bond acceptors (Lipinski definition) is 4. The fraction of sp³-hybridized carbons (Fsp3) is 0.800. The van der Waals surface area contributed by atoms with Gasteiger partial charge in [0.1, 0.15) is 0 Å². The van der Waals surface area contributed by atoms with Gasteiger partial charge in [0.25, 0.3) is 0 Å². The summed E-state index contributed by atoms with van der Waals surface area (Å²) in [6.07, 6.45) is 1.37. The second kappa shape index (κ2) is 4.72. The summed E-state index contributed by atoms with van der Waals surface area (Å²) in [5.74, 6) is 0. The van der Waals surface area contributed by atoms with Gasteiger partial charge in [-0.2, -0.15) is 0 Å². The largest absolute Gasteiger partial charge is 0.391 e. The Kier molecular flexibility index (Phi) is 3.82. The lowest BCUT2D eigenvalue weighted by molar-refractivity contribution is 0.0626. The van der Waals surface area contributed by atoms with Crippen LogP contribution in [0.5, 0.6) is 0 Å². The maximum absolute atomic E-state index is 9.78. The minimum Gasteiger partial charge on any atom is -0.391 e. The average Bonchev–Trinajstić information content (AvgIpc) is 2.50. The zero-order valence-corrected chi connectivity index (χ0v) is 9.86. The SMILES string of the molecule is Cn1nncc1CNCC(O)C(C)(C)C. The third-order valence-corrected chi connectivity index (χ3v) is 2.45. The van der Waals surface area contributed by atoms with Crippen molar-refractivity contribution < 1.29 is 5.11 Å². The van der Waals surface area contributed by atoms with Crippen LogP contribution in [0, 0.1) is 5.41 Å². The van der Waals surface area contributed by atoms with Gasteiger partial charge in [0.05, 0.1) is 18.0 Å². The van der Waals surface area contributed by atoms with Crippen LogP contribution < -0.4 is 5.32 Å². The number of hydrogen-bond donors (Lipinski definition) is 2. The van der Waals surface area contributed by atoms with E-state index in [1.54, 1.807) is 10.9 Å². The summed E-state index contributed by atoms with van der Waals surface area (Å²) in [6, 6.07) is 0. The van der Waals surface area contributed by atoms with Gasteiger partial charge in [0.2, 0.25) is 0 Å². The number of aromatic nitrogens is 3. The van der Waals surface area contributed by atoms with Crippen LogP contribution in [0.15, 0.2) is 6.20 Å². The lowest BCUT2D eigenvalue weighted by Gasteiger charge is -2.25. The Morgan fingerprint density at radius 3 is 2.67 bits per heavy atom. The van der Waals surface area contributed by atoms with Crippen LogP contribution in [0.25, 0.3) is 0 Å². The minimum atomic E-state index is -0.348. The quantitative estimate of drug-likeness (QED) is 0.754. The first-order valence-electron chi connectivity index (χ1n) is 5.13. The molecule has 0 aliphatic heterocycles. The van der Waals surface area contributed by atoms with E-state index in [1.807, 2.05) is 27.8 Å². The van der Waals surface area contributed by atoms with Gasteiger partial charge in [0.15, 0.2) is 0 Å². The van der Waals surface area contributed by atoms with Crippen molar-refractivity contribution in [1.82, 2.24) is 20.3 Å². The van der Waals surface area contributed by atoms with E-state index in [-0.39, 0.29) is 11.5 Å². The monoisotopic (exact) mass is 212 g/mol. The van der Waals surface area contributed by atoms with Crippen molar-refractivity contribution >= 4 is 0 Å². The van der Waals surface area contributed by atoms with Crippen LogP contribution >= 0.6 is 0 Å². The molecule has 2 N–H and O–H groups in total. The molecular formula is C10H20N4O. The summed E-state index contributed by atoms with van der Waals surface area (Å²) in [5.41, 5.74) is 0.925. The topological polar surface area (TPSA) is 63.0 Å². The standard InChI is InChI=1S/C10H20N4O/c1-10(2,3)9(15)7-11-5-8-6-12-13-14(8)4/h6,9,11,15H,5,7H2,1-4H3. The number of nitrogens with zero attached hydrogens (tertiary/aromatic N) is 3. The van der Waals surface area contributed by atoms with Gasteiger partial charge in [-0.3, -0.25) is 4.68 Å². The van der Waals surface area contributed by atoms with E-state index >= 15 is 0 Å². The molecule has 0 aliphatic carbocycles. The van der Waals surface area contributed by atoms with Gasteiger partial charge >= 0.3 is 0 Å². The summed E-state index contributed by atoms with van der Waals surface area (Å²) >= 11 is 0. The fourth-order valence-corrected chi connectivity index (χ4v) is 1.11. The van der Waals surface area contributed by atoms with E-state index in [0.29, 0.717) is 13.1 Å². The van der Waals surface area contributed by atoms with Crippen LogP contribution in [0.1, 0.15) is 26.5 Å². The molecule has 0 amide bonds. The van der Waals surface area contributed by atoms with Crippen LogP contribution in [0.4, 0.5) is 0 Å². The predicted octanol–water partition coefficient (Wildman–Crippen LogP) is 0.312. The Bertz CT molecular complexity index is 303. The van der Waals surface area contributed by atoms with Gasteiger partial charge in [-0.25, -0.2) is 0 Å². The molecule has 0 radical (unpaired) electrons. The number of aryl methyl sites for hydroxylation is 1. The van der Waals surface area contributed by atoms with Crippen LogP contribution in [0.2, 0.25) is 0 Å². The van der Waals surface area contributed by atoms with Gasteiger partial charge in [-0.1, -0.05) is 26.0 Å². The molecule has 1 heterocycles. The molecule has 1 unspecified atom stereocenters. The minimum absolute atomic E-state index is 0.0856. The predicted molar refractivity (Wildman–Crippen MR) is 58.2 cm³/mol. The fourth-order valence-electron chi connectivity index (χ4n) is 1.11. The molecule has 0 fully saturated rings. The van der Waals surface area contributed by atoms with Crippen molar-refractivity contribution in [2.45, 2.75) is 33.4 Å². The molecule has 0 aliphatic rings. The second-order valence-corrected chi connectivity index (χ2v) is 4.86. The van der Waals surface area contributed by atoms with Crippen molar-refractivity contribution in [3.05, 3.63) is 11.9 Å². The number of rotatable bonds is 4. The maximum Gasteiger partial charge on any atom is 0.0738 e. The van der Waals surface area contributed by atoms with E-state index in [9.17, 15) is 5.11 Å². The van der Waals surface area contributed by atoms with Gasteiger partial charge in [-0.05, 0) is 5.41 Å². The highest BCUT2D eigenvalue weighted by molar-refractivity contribution is 4.92. The molecule has 1 aromatic heterocycles. The molecule has 86 valence electrons. The Labute approximate surface area is 90.5 Å². The molecule has 5 heteroatoms. The van der Waals surface area contributed by atoms with Crippen LogP contribution in [-0.2, 0) is 13.6 Å². The van der Waals surface area contributed by atoms with E-state index in [2.05, 4.69) is 15.6 Å². The summed E-state index contributed by atoms with van der Waals surface area (Å²) in [7, 11) is 1.85. The lowest BCUT2D eigenvalue weighted by atomic mass is 9.89. The third kappa shape index (κ3) is 3.60. The normalized spacial score (nSPS) is 14.2. The molecule has 1 aromatic rings. The summed E-state index contributed by atoms with van der Waals surface area (Å²) < 4.78 is 1.72. The van der Waals surface area contributed by atoms with Crippen molar-refractivity contribution in [2.75, 3.05) is 6.54 Å². The first kappa shape index (κ1) is 12.1. The molecule has 15 heavy (non-hydrogen) atoms. The average molecular weight is 212 g/mol. The van der Waals surface area contributed by atoms with Crippen molar-refractivity contribution in [1.29, 1.82) is 0 Å². The van der Waals surface area contributed by atoms with Gasteiger partial charge < -0.3 is 10.4 Å². The van der Waals surface area contributed by atoms with Crippen molar-refractivity contribution in [3.63, 3.8) is 0 Å². The Morgan fingerprint density at radius 1 is 1.53 bits per heavy atom. The smallest absolute Gasteiger partial charge is 0.0738 e. The van der Waals surface area contributed by atoms with Gasteiger partial charge in [-0.15, -0.1) is 5.10 Å². The zero-order valence-electron chi connectivity index (χ0n) is 9.86. The van der Waals surface area contributed by atoms with E-state index in [1.165, 1.54) is 0 Å². The molecule has 0 saturated carbocycles. The Morgan fingerprint density at radius 2 is 2.20 bits per heavy atom. The molecule has 0 aromatic carbocycles. The number of aliphatic hydroxyl groups is 1. The molecule has 0 bridgehead atoms. The molecule has 1 rings (SSSR count). The van der Waals surface area contributed by atoms with Crippen molar-refractivity contribution in [2.24, 2.45) is 12.5 Å². The molecule has 0 spiro atoms. The maximum atomic E-state index is 9.78. The Hall–Kier alpha value is -0.940. The third-order valence-electron chi connectivity index (χ3n) is 2.45. The van der Waals surface area contributed by atoms with Crippen molar-refractivity contribution in [3.8, 4) is 0 Å². The first-order chi connectivity index (χ1) is 6.91. The van der Waals surface area contributed by atoms with Crippen LogP contribution in [-0.4, -0.2) is 32.7 Å².